The Bertz CT molecular complexity index is 1330. The highest BCUT2D eigenvalue weighted by molar-refractivity contribution is 5.71. The van der Waals surface area contributed by atoms with Gasteiger partial charge in [0.25, 0.3) is 0 Å². The first-order valence-electron chi connectivity index (χ1n) is 22.3. The number of hydrogen-bond donors (Lipinski definition) is 0. The fourth-order valence-corrected chi connectivity index (χ4v) is 5.25. The topological polar surface area (TPSA) is 78.9 Å². The summed E-state index contributed by atoms with van der Waals surface area (Å²) in [6.07, 6.45) is 63.0. The van der Waals surface area contributed by atoms with Crippen molar-refractivity contribution < 1.29 is 28.6 Å². The zero-order valence-corrected chi connectivity index (χ0v) is 36.5. The first-order valence-corrected chi connectivity index (χ1v) is 22.3. The fourth-order valence-electron chi connectivity index (χ4n) is 5.25. The van der Waals surface area contributed by atoms with Gasteiger partial charge in [0.05, 0.1) is 0 Å². The summed E-state index contributed by atoms with van der Waals surface area (Å²) in [5, 5.41) is 0. The average molecular weight is 799 g/mol. The van der Waals surface area contributed by atoms with Crippen LogP contribution in [0.1, 0.15) is 156 Å². The molecule has 0 bridgehead atoms. The van der Waals surface area contributed by atoms with Gasteiger partial charge in [0.15, 0.2) is 6.10 Å². The number of hydrogen-bond acceptors (Lipinski definition) is 6. The smallest absolute Gasteiger partial charge is 0.306 e. The van der Waals surface area contributed by atoms with Crippen LogP contribution in [0.5, 0.6) is 0 Å². The molecule has 0 saturated carbocycles. The number of allylic oxidation sites excluding steroid dienone is 22. The van der Waals surface area contributed by atoms with Gasteiger partial charge in [-0.15, -0.1) is 0 Å². The Labute approximate surface area is 354 Å². The van der Waals surface area contributed by atoms with Crippen LogP contribution in [0, 0.1) is 0 Å². The molecule has 0 rings (SSSR count). The molecule has 58 heavy (non-hydrogen) atoms. The summed E-state index contributed by atoms with van der Waals surface area (Å²) in [5.41, 5.74) is 0. The van der Waals surface area contributed by atoms with Crippen LogP contribution in [0.4, 0.5) is 0 Å². The monoisotopic (exact) mass is 799 g/mol. The Kier molecular flexibility index (Phi) is 41.8. The predicted molar refractivity (Wildman–Crippen MR) is 246 cm³/mol. The van der Waals surface area contributed by atoms with E-state index >= 15 is 0 Å². The lowest BCUT2D eigenvalue weighted by molar-refractivity contribution is -0.167. The highest BCUT2D eigenvalue weighted by atomic mass is 16.6. The second-order valence-corrected chi connectivity index (χ2v) is 13.9. The largest absolute Gasteiger partial charge is 0.462 e. The highest BCUT2D eigenvalue weighted by Crippen LogP contribution is 2.10. The summed E-state index contributed by atoms with van der Waals surface area (Å²) in [4.78, 5) is 37.7. The van der Waals surface area contributed by atoms with Crippen LogP contribution in [0.25, 0.3) is 0 Å². The lowest BCUT2D eigenvalue weighted by Gasteiger charge is -2.18. The van der Waals surface area contributed by atoms with E-state index in [4.69, 9.17) is 14.2 Å². The van der Waals surface area contributed by atoms with E-state index in [-0.39, 0.29) is 37.5 Å². The summed E-state index contributed by atoms with van der Waals surface area (Å²) in [5.74, 6) is -1.05. The lowest BCUT2D eigenvalue weighted by Crippen LogP contribution is -2.30. The van der Waals surface area contributed by atoms with Crippen LogP contribution in [0.3, 0.4) is 0 Å². The zero-order valence-electron chi connectivity index (χ0n) is 36.5. The van der Waals surface area contributed by atoms with Gasteiger partial charge in [-0.05, 0) is 103 Å². The summed E-state index contributed by atoms with van der Waals surface area (Å²) >= 11 is 0. The maximum Gasteiger partial charge on any atom is 0.306 e. The van der Waals surface area contributed by atoms with E-state index in [1.165, 1.54) is 0 Å². The lowest BCUT2D eigenvalue weighted by atomic mass is 10.1. The quantitative estimate of drug-likeness (QED) is 0.0205. The van der Waals surface area contributed by atoms with Gasteiger partial charge >= 0.3 is 17.9 Å². The van der Waals surface area contributed by atoms with Gasteiger partial charge in [-0.1, -0.05) is 167 Å². The van der Waals surface area contributed by atoms with Gasteiger partial charge in [-0.2, -0.15) is 0 Å². The molecule has 6 heteroatoms. The molecule has 0 fully saturated rings. The van der Waals surface area contributed by atoms with E-state index in [1.807, 2.05) is 48.6 Å². The Hall–Kier alpha value is -4.45. The van der Waals surface area contributed by atoms with Gasteiger partial charge in [-0.25, -0.2) is 0 Å². The van der Waals surface area contributed by atoms with Crippen molar-refractivity contribution in [2.45, 2.75) is 162 Å². The number of carbonyl (C=O) groups excluding carboxylic acids is 3. The summed E-state index contributed by atoms with van der Waals surface area (Å²) in [6.45, 7) is 6.11. The van der Waals surface area contributed by atoms with E-state index in [9.17, 15) is 14.4 Å². The van der Waals surface area contributed by atoms with Crippen molar-refractivity contribution in [1.29, 1.82) is 0 Å². The van der Waals surface area contributed by atoms with Crippen molar-refractivity contribution in [2.24, 2.45) is 0 Å². The Morgan fingerprint density at radius 2 is 0.707 bits per heavy atom. The molecule has 0 aromatic rings. The van der Waals surface area contributed by atoms with Gasteiger partial charge in [0, 0.05) is 19.3 Å². The molecule has 0 spiro atoms. The van der Waals surface area contributed by atoms with Crippen molar-refractivity contribution in [3.8, 4) is 0 Å². The van der Waals surface area contributed by atoms with Crippen molar-refractivity contribution in [1.82, 2.24) is 0 Å². The van der Waals surface area contributed by atoms with Crippen LogP contribution >= 0.6 is 0 Å². The average Bonchev–Trinajstić information content (AvgIpc) is 3.22. The molecule has 1 atom stereocenters. The molecule has 6 nitrogen and oxygen atoms in total. The van der Waals surface area contributed by atoms with Crippen LogP contribution < -0.4 is 0 Å². The summed E-state index contributed by atoms with van der Waals surface area (Å²) in [6, 6.07) is 0. The van der Waals surface area contributed by atoms with E-state index in [0.717, 1.165) is 103 Å². The normalized spacial score (nSPS) is 13.4. The minimum Gasteiger partial charge on any atom is -0.462 e. The Morgan fingerprint density at radius 1 is 0.362 bits per heavy atom. The number of rotatable bonds is 37. The molecule has 0 aromatic heterocycles. The van der Waals surface area contributed by atoms with Crippen molar-refractivity contribution in [3.05, 3.63) is 134 Å². The third-order valence-electron chi connectivity index (χ3n) is 8.51. The molecule has 0 saturated heterocycles. The minimum atomic E-state index is -0.829. The molecule has 0 aromatic carbocycles. The fraction of sp³-hybridized carbons (Fsp3) is 0.519. The maximum atomic E-state index is 12.7. The molecule has 0 aliphatic carbocycles. The number of carbonyl (C=O) groups is 3. The third-order valence-corrected chi connectivity index (χ3v) is 8.51. The minimum absolute atomic E-state index is 0.128. The molecule has 0 heterocycles. The maximum absolute atomic E-state index is 12.7. The number of unbranched alkanes of at least 4 members (excludes halogenated alkanes) is 8. The van der Waals surface area contributed by atoms with E-state index in [1.54, 1.807) is 0 Å². The van der Waals surface area contributed by atoms with E-state index in [0.29, 0.717) is 25.7 Å². The van der Waals surface area contributed by atoms with Crippen molar-refractivity contribution in [2.75, 3.05) is 13.2 Å². The Morgan fingerprint density at radius 3 is 1.17 bits per heavy atom. The van der Waals surface area contributed by atoms with Gasteiger partial charge in [0.1, 0.15) is 13.2 Å². The van der Waals surface area contributed by atoms with Gasteiger partial charge in [0.2, 0.25) is 0 Å². The molecule has 1 unspecified atom stereocenters. The van der Waals surface area contributed by atoms with Crippen molar-refractivity contribution >= 4 is 17.9 Å². The predicted octanol–water partition coefficient (Wildman–Crippen LogP) is 14.4. The van der Waals surface area contributed by atoms with Gasteiger partial charge in [-0.3, -0.25) is 14.4 Å². The first kappa shape index (κ1) is 53.6. The summed E-state index contributed by atoms with van der Waals surface area (Å²) < 4.78 is 16.6. The van der Waals surface area contributed by atoms with Crippen LogP contribution in [0.2, 0.25) is 0 Å². The number of ether oxygens (including phenoxy) is 3. The first-order chi connectivity index (χ1) is 28.5. The third kappa shape index (κ3) is 42.7. The van der Waals surface area contributed by atoms with E-state index < -0.39 is 6.10 Å². The zero-order chi connectivity index (χ0) is 42.3. The molecule has 0 aliphatic heterocycles. The second-order valence-electron chi connectivity index (χ2n) is 13.9. The van der Waals surface area contributed by atoms with Crippen LogP contribution in [-0.4, -0.2) is 37.2 Å². The molecule has 0 aliphatic rings. The molecular formula is C52H78O6. The van der Waals surface area contributed by atoms with Crippen LogP contribution in [-0.2, 0) is 28.6 Å². The Balaban J connectivity index is 4.57. The van der Waals surface area contributed by atoms with Crippen molar-refractivity contribution in [3.63, 3.8) is 0 Å². The molecule has 0 N–H and O–H groups in total. The second kappa shape index (κ2) is 45.3. The van der Waals surface area contributed by atoms with Gasteiger partial charge < -0.3 is 14.2 Å². The number of esters is 3. The molecule has 0 radical (unpaired) electrons. The van der Waals surface area contributed by atoms with E-state index in [2.05, 4.69) is 106 Å². The SMILES string of the molecule is CC\C=C/C=C\C=C/C=C\C=C/CCCCCC(=O)OC(COC(=O)CCCC/C=C\C/C=C\CC)COC(=O)CCCCC/C=C\C/C=C\C/C=C\C/C=C\CC. The molecule has 322 valence electrons. The standard InChI is InChI=1S/C52H78O6/c1-4-7-10-13-16-19-21-23-25-27-28-30-33-36-39-42-45-51(54)57-48-49(47-56-50(53)44-41-38-35-32-18-15-12-9-6-3)58-52(55)46-43-40-37-34-31-29-26-24-22-20-17-14-11-8-5-2/h7-12,14,16-20,22-26,28-32,49H,4-6,13,15,21,27,33-48H2,1-3H3/b10-7-,11-8-,12-9-,17-14-,19-16-,22-20-,25-23-,26-24-,30-28-,31-29-,32-18-. The highest BCUT2D eigenvalue weighted by Gasteiger charge is 2.19. The molecule has 0 amide bonds. The summed E-state index contributed by atoms with van der Waals surface area (Å²) in [7, 11) is 0. The van der Waals surface area contributed by atoms with Crippen LogP contribution in [0.15, 0.2) is 134 Å². The molecular weight excluding hydrogens is 721 g/mol.